The number of non-ortho nitro benzene ring substituents is 1. The van der Waals surface area contributed by atoms with E-state index >= 15 is 0 Å². The maximum Gasteiger partial charge on any atom is 0.269 e. The van der Waals surface area contributed by atoms with Gasteiger partial charge >= 0.3 is 0 Å². The second-order valence-electron chi connectivity index (χ2n) is 8.10. The Morgan fingerprint density at radius 1 is 1.06 bits per heavy atom. The van der Waals surface area contributed by atoms with Crippen molar-refractivity contribution in [2.24, 2.45) is 0 Å². The Kier molecular flexibility index (Phi) is 6.67. The van der Waals surface area contributed by atoms with E-state index in [0.29, 0.717) is 35.8 Å². The van der Waals surface area contributed by atoms with Crippen molar-refractivity contribution < 1.29 is 23.9 Å². The topological polar surface area (TPSA) is 91.1 Å². The lowest BCUT2D eigenvalue weighted by Gasteiger charge is -2.37. The predicted octanol–water partition coefficient (Wildman–Crippen LogP) is 4.74. The predicted molar refractivity (Wildman–Crippen MR) is 127 cm³/mol. The van der Waals surface area contributed by atoms with Crippen LogP contribution in [-0.2, 0) is 6.42 Å². The van der Waals surface area contributed by atoms with Gasteiger partial charge in [-0.1, -0.05) is 17.7 Å². The molecule has 1 aliphatic heterocycles. The first-order chi connectivity index (χ1) is 16.4. The Morgan fingerprint density at radius 3 is 2.41 bits per heavy atom. The van der Waals surface area contributed by atoms with Gasteiger partial charge in [-0.25, -0.2) is 0 Å². The van der Waals surface area contributed by atoms with Crippen LogP contribution in [0.4, 0.5) is 5.69 Å². The number of fused-ring (bicyclic) bond motifs is 1. The monoisotopic (exact) mass is 462 g/mol. The minimum Gasteiger partial charge on any atom is -0.493 e. The van der Waals surface area contributed by atoms with Crippen LogP contribution in [0, 0.1) is 17.0 Å². The zero-order valence-corrected chi connectivity index (χ0v) is 19.3. The summed E-state index contributed by atoms with van der Waals surface area (Å²) in [5, 5.41) is 10.9. The molecule has 8 heteroatoms. The van der Waals surface area contributed by atoms with E-state index in [1.807, 2.05) is 48.2 Å². The lowest BCUT2D eigenvalue weighted by Crippen LogP contribution is -2.42. The second-order valence-corrected chi connectivity index (χ2v) is 8.10. The molecule has 0 fully saturated rings. The highest BCUT2D eigenvalue weighted by molar-refractivity contribution is 5.95. The smallest absolute Gasteiger partial charge is 0.269 e. The summed E-state index contributed by atoms with van der Waals surface area (Å²) < 4.78 is 17.0. The molecule has 0 N–H and O–H groups in total. The van der Waals surface area contributed by atoms with Crippen molar-refractivity contribution in [2.75, 3.05) is 27.4 Å². The fraction of sp³-hybridized carbons (Fsp3) is 0.269. The number of rotatable bonds is 7. The van der Waals surface area contributed by atoms with Crippen molar-refractivity contribution in [1.82, 2.24) is 4.90 Å². The third kappa shape index (κ3) is 4.66. The van der Waals surface area contributed by atoms with E-state index in [9.17, 15) is 14.9 Å². The largest absolute Gasteiger partial charge is 0.493 e. The van der Waals surface area contributed by atoms with Gasteiger partial charge in [-0.2, -0.15) is 0 Å². The van der Waals surface area contributed by atoms with Crippen LogP contribution in [0.15, 0.2) is 60.7 Å². The molecule has 0 aliphatic carbocycles. The Balaban J connectivity index is 1.68. The number of aryl methyl sites for hydroxylation is 1. The third-order valence-electron chi connectivity index (χ3n) is 5.98. The standard InChI is InChI=1S/C26H26N2O6/c1-17-5-4-6-19(13-17)26(29)27-12-11-18-14-24(32-2)25(33-3)15-22(18)23(27)16-34-21-9-7-20(8-10-21)28(30)31/h4-10,13-15,23H,11-12,16H2,1-3H3/t23-/m1/s1. The molecule has 1 heterocycles. The summed E-state index contributed by atoms with van der Waals surface area (Å²) in [7, 11) is 3.17. The first-order valence-corrected chi connectivity index (χ1v) is 10.9. The zero-order chi connectivity index (χ0) is 24.2. The lowest BCUT2D eigenvalue weighted by molar-refractivity contribution is -0.384. The number of amides is 1. The summed E-state index contributed by atoms with van der Waals surface area (Å²) in [6, 6.07) is 16.9. The molecule has 0 bridgehead atoms. The molecule has 0 saturated carbocycles. The summed E-state index contributed by atoms with van der Waals surface area (Å²) in [6.45, 7) is 2.65. The molecule has 0 spiro atoms. The number of ether oxygens (including phenoxy) is 3. The van der Waals surface area contributed by atoms with Crippen LogP contribution < -0.4 is 14.2 Å². The van der Waals surface area contributed by atoms with Gasteiger partial charge in [0, 0.05) is 24.2 Å². The average Bonchev–Trinajstić information content (AvgIpc) is 2.86. The maximum atomic E-state index is 13.5. The quantitative estimate of drug-likeness (QED) is 0.372. The van der Waals surface area contributed by atoms with Crippen molar-refractivity contribution in [1.29, 1.82) is 0 Å². The van der Waals surface area contributed by atoms with Crippen LogP contribution in [-0.4, -0.2) is 43.1 Å². The van der Waals surface area contributed by atoms with Gasteiger partial charge in [0.2, 0.25) is 0 Å². The van der Waals surface area contributed by atoms with E-state index in [1.165, 1.54) is 12.1 Å². The van der Waals surface area contributed by atoms with E-state index in [0.717, 1.165) is 16.7 Å². The van der Waals surface area contributed by atoms with Crippen molar-refractivity contribution in [3.63, 3.8) is 0 Å². The molecule has 34 heavy (non-hydrogen) atoms. The summed E-state index contributed by atoms with van der Waals surface area (Å²) in [5.41, 5.74) is 3.59. The molecule has 0 radical (unpaired) electrons. The minimum atomic E-state index is -0.455. The Bertz CT molecular complexity index is 1210. The molecule has 1 amide bonds. The van der Waals surface area contributed by atoms with Gasteiger partial charge in [0.25, 0.3) is 11.6 Å². The number of nitro groups is 1. The van der Waals surface area contributed by atoms with Gasteiger partial charge < -0.3 is 19.1 Å². The maximum absolute atomic E-state index is 13.5. The van der Waals surface area contributed by atoms with E-state index < -0.39 is 4.92 Å². The molecule has 176 valence electrons. The molecule has 3 aromatic carbocycles. The van der Waals surface area contributed by atoms with Gasteiger partial charge in [0.1, 0.15) is 12.4 Å². The minimum absolute atomic E-state index is 0.0107. The first-order valence-electron chi connectivity index (χ1n) is 10.9. The summed E-state index contributed by atoms with van der Waals surface area (Å²) in [5.74, 6) is 1.61. The number of benzene rings is 3. The number of hydrogen-bond acceptors (Lipinski definition) is 6. The fourth-order valence-corrected chi connectivity index (χ4v) is 4.23. The summed E-state index contributed by atoms with van der Waals surface area (Å²) in [6.07, 6.45) is 0.668. The highest BCUT2D eigenvalue weighted by Crippen LogP contribution is 2.39. The number of methoxy groups -OCH3 is 2. The number of nitrogens with zero attached hydrogens (tertiary/aromatic N) is 2. The van der Waals surface area contributed by atoms with Crippen molar-refractivity contribution in [3.05, 3.63) is 93.0 Å². The summed E-state index contributed by atoms with van der Waals surface area (Å²) in [4.78, 5) is 25.8. The molecule has 0 unspecified atom stereocenters. The van der Waals surface area contributed by atoms with Crippen LogP contribution in [0.2, 0.25) is 0 Å². The van der Waals surface area contributed by atoms with Gasteiger partial charge in [0.15, 0.2) is 11.5 Å². The Labute approximate surface area is 197 Å². The van der Waals surface area contributed by atoms with E-state index in [4.69, 9.17) is 14.2 Å². The Morgan fingerprint density at radius 2 is 1.76 bits per heavy atom. The highest BCUT2D eigenvalue weighted by atomic mass is 16.6. The number of carbonyl (C=O) groups is 1. The molecular formula is C26H26N2O6. The van der Waals surface area contributed by atoms with Crippen LogP contribution in [0.3, 0.4) is 0 Å². The number of nitro benzene ring substituents is 1. The average molecular weight is 463 g/mol. The van der Waals surface area contributed by atoms with Gasteiger partial charge in [-0.3, -0.25) is 14.9 Å². The number of carbonyl (C=O) groups excluding carboxylic acids is 1. The Hall–Kier alpha value is -4.07. The molecule has 8 nitrogen and oxygen atoms in total. The molecule has 0 aromatic heterocycles. The molecule has 1 atom stereocenters. The van der Waals surface area contributed by atoms with Crippen LogP contribution >= 0.6 is 0 Å². The number of hydrogen-bond donors (Lipinski definition) is 0. The molecule has 1 aliphatic rings. The van der Waals surface area contributed by atoms with Crippen molar-refractivity contribution in [3.8, 4) is 17.2 Å². The van der Waals surface area contributed by atoms with E-state index in [-0.39, 0.29) is 24.2 Å². The third-order valence-corrected chi connectivity index (χ3v) is 5.98. The van der Waals surface area contributed by atoms with Crippen LogP contribution in [0.5, 0.6) is 17.2 Å². The second kappa shape index (κ2) is 9.82. The fourth-order valence-electron chi connectivity index (χ4n) is 4.23. The molecular weight excluding hydrogens is 436 g/mol. The zero-order valence-electron chi connectivity index (χ0n) is 19.3. The van der Waals surface area contributed by atoms with E-state index in [2.05, 4.69) is 0 Å². The van der Waals surface area contributed by atoms with Crippen LogP contribution in [0.25, 0.3) is 0 Å². The van der Waals surface area contributed by atoms with Gasteiger partial charge in [-0.15, -0.1) is 0 Å². The van der Waals surface area contributed by atoms with Gasteiger partial charge in [0.05, 0.1) is 25.2 Å². The summed E-state index contributed by atoms with van der Waals surface area (Å²) >= 11 is 0. The molecule has 4 rings (SSSR count). The lowest BCUT2D eigenvalue weighted by atomic mass is 9.91. The van der Waals surface area contributed by atoms with Crippen molar-refractivity contribution >= 4 is 11.6 Å². The van der Waals surface area contributed by atoms with Crippen LogP contribution in [0.1, 0.15) is 33.1 Å². The van der Waals surface area contributed by atoms with Gasteiger partial charge in [-0.05, 0) is 60.9 Å². The highest BCUT2D eigenvalue weighted by Gasteiger charge is 2.33. The SMILES string of the molecule is COc1cc2c(cc1OC)[C@@H](COc1ccc([N+](=O)[O-])cc1)N(C(=O)c1cccc(C)c1)CC2. The molecule has 3 aromatic rings. The van der Waals surface area contributed by atoms with E-state index in [1.54, 1.807) is 26.4 Å². The molecule has 0 saturated heterocycles. The van der Waals surface area contributed by atoms with Crippen molar-refractivity contribution in [2.45, 2.75) is 19.4 Å². The first kappa shape index (κ1) is 23.1. The normalized spacial score (nSPS) is 14.8.